The smallest absolute Gasteiger partial charge is 0.178 e. The van der Waals surface area contributed by atoms with Gasteiger partial charge in [-0.15, -0.1) is 0 Å². The topological polar surface area (TPSA) is 106 Å². The van der Waals surface area contributed by atoms with Gasteiger partial charge in [0.25, 0.3) is 0 Å². The number of nitrogens with zero attached hydrogens (tertiary/aromatic N) is 5. The van der Waals surface area contributed by atoms with Crippen molar-refractivity contribution < 1.29 is 5.21 Å². The van der Waals surface area contributed by atoms with Crippen molar-refractivity contribution in [2.24, 2.45) is 7.05 Å². The molecule has 98 valence electrons. The summed E-state index contributed by atoms with van der Waals surface area (Å²) in [6.07, 6.45) is 3.10. The molecule has 0 radical (unpaired) electrons. The lowest BCUT2D eigenvalue weighted by atomic mass is 10.4. The first-order valence-corrected chi connectivity index (χ1v) is 6.13. The minimum atomic E-state index is -0.261. The first-order chi connectivity index (χ1) is 9.15. The second kappa shape index (κ2) is 4.53. The molecule has 0 aliphatic rings. The van der Waals surface area contributed by atoms with Crippen molar-refractivity contribution in [3.05, 3.63) is 29.9 Å². The molecular formula is C10H9N6O2S-. The van der Waals surface area contributed by atoms with Crippen LogP contribution in [0, 0.1) is 5.21 Å². The molecule has 0 saturated carbocycles. The lowest BCUT2D eigenvalue weighted by Crippen LogP contribution is -2.09. The van der Waals surface area contributed by atoms with Crippen molar-refractivity contribution in [2.75, 3.05) is 5.23 Å². The number of aryl methyl sites for hydroxylation is 1. The van der Waals surface area contributed by atoms with Crippen LogP contribution >= 0.6 is 11.8 Å². The largest absolute Gasteiger partial charge is 0.732 e. The summed E-state index contributed by atoms with van der Waals surface area (Å²) in [6.45, 7) is 0. The van der Waals surface area contributed by atoms with E-state index in [1.807, 2.05) is 6.07 Å². The molecule has 0 aromatic carbocycles. The average Bonchev–Trinajstić information content (AvgIpc) is 2.94. The molecule has 3 rings (SSSR count). The number of hydrogen-bond donors (Lipinski definition) is 2. The van der Waals surface area contributed by atoms with E-state index in [0.717, 1.165) is 5.52 Å². The highest BCUT2D eigenvalue weighted by Gasteiger charge is 2.14. The van der Waals surface area contributed by atoms with Gasteiger partial charge >= 0.3 is 0 Å². The third-order valence-corrected chi connectivity index (χ3v) is 3.53. The van der Waals surface area contributed by atoms with Crippen LogP contribution < -0.4 is 5.23 Å². The normalized spacial score (nSPS) is 11.1. The van der Waals surface area contributed by atoms with E-state index in [1.54, 1.807) is 23.9 Å². The molecular weight excluding hydrogens is 268 g/mol. The van der Waals surface area contributed by atoms with Gasteiger partial charge in [0, 0.05) is 13.2 Å². The van der Waals surface area contributed by atoms with Crippen molar-refractivity contribution in [2.45, 2.75) is 10.2 Å². The Morgan fingerprint density at radius 1 is 1.47 bits per heavy atom. The van der Waals surface area contributed by atoms with Crippen LogP contribution in [0.1, 0.15) is 0 Å². The van der Waals surface area contributed by atoms with Gasteiger partial charge in [-0.1, -0.05) is 0 Å². The number of nitrogens with one attached hydrogen (secondary N) is 1. The Morgan fingerprint density at radius 2 is 2.32 bits per heavy atom. The third kappa shape index (κ3) is 2.14. The number of H-pyrrole nitrogens is 1. The highest BCUT2D eigenvalue weighted by molar-refractivity contribution is 7.99. The summed E-state index contributed by atoms with van der Waals surface area (Å²) in [5, 5.41) is 20.8. The maximum absolute atomic E-state index is 11.0. The van der Waals surface area contributed by atoms with Crippen LogP contribution in [-0.4, -0.2) is 29.7 Å². The van der Waals surface area contributed by atoms with E-state index >= 15 is 0 Å². The van der Waals surface area contributed by atoms with Gasteiger partial charge in [-0.3, -0.25) is 5.21 Å². The molecule has 19 heavy (non-hydrogen) atoms. The van der Waals surface area contributed by atoms with Gasteiger partial charge in [0.05, 0.1) is 11.8 Å². The van der Waals surface area contributed by atoms with Gasteiger partial charge in [-0.25, -0.2) is 15.0 Å². The summed E-state index contributed by atoms with van der Waals surface area (Å²) in [6, 6.07) is 3.66. The van der Waals surface area contributed by atoms with Gasteiger partial charge < -0.3 is 20.0 Å². The number of aromatic nitrogens is 5. The second-order valence-electron chi connectivity index (χ2n) is 3.78. The van der Waals surface area contributed by atoms with E-state index < -0.39 is 0 Å². The van der Waals surface area contributed by atoms with E-state index in [0.29, 0.717) is 15.8 Å². The zero-order valence-corrected chi connectivity index (χ0v) is 10.6. The number of pyridine rings is 1. The predicted molar refractivity (Wildman–Crippen MR) is 68.9 cm³/mol. The fraction of sp³-hybridized carbons (Fsp3) is 0.100. The molecule has 2 N–H and O–H groups in total. The monoisotopic (exact) mass is 277 g/mol. The van der Waals surface area contributed by atoms with Gasteiger partial charge in [0.2, 0.25) is 0 Å². The van der Waals surface area contributed by atoms with E-state index in [1.165, 1.54) is 18.1 Å². The van der Waals surface area contributed by atoms with Crippen molar-refractivity contribution in [1.29, 1.82) is 0 Å². The van der Waals surface area contributed by atoms with E-state index in [2.05, 4.69) is 19.9 Å². The van der Waals surface area contributed by atoms with Crippen LogP contribution in [-0.2, 0) is 7.05 Å². The Balaban J connectivity index is 1.98. The molecule has 0 bridgehead atoms. The molecule has 3 aromatic rings. The molecule has 0 spiro atoms. The number of hydrogen-bond acceptors (Lipinski definition) is 7. The van der Waals surface area contributed by atoms with Gasteiger partial charge in [-0.2, -0.15) is 0 Å². The molecule has 0 aliphatic heterocycles. The highest BCUT2D eigenvalue weighted by atomic mass is 32.2. The number of rotatable bonds is 3. The Kier molecular flexibility index (Phi) is 2.85. The molecule has 0 atom stereocenters. The lowest BCUT2D eigenvalue weighted by Gasteiger charge is -2.19. The number of fused-ring (bicyclic) bond motifs is 1. The maximum atomic E-state index is 11.0. The summed E-state index contributed by atoms with van der Waals surface area (Å²) < 4.78 is 1.63. The minimum absolute atomic E-state index is 0.0686. The average molecular weight is 277 g/mol. The standard InChI is InChI=1S/C10H9N6O2S/c1-15-5-12-8(16(17)18)9(15)19-10-13-6-3-2-4-11-7(6)14-10/h2-5,17H,1H3,(H,11,13,14)/q-1. The van der Waals surface area contributed by atoms with Crippen molar-refractivity contribution >= 4 is 28.7 Å². The molecule has 0 saturated heterocycles. The fourth-order valence-electron chi connectivity index (χ4n) is 1.62. The molecule has 0 unspecified atom stereocenters. The van der Waals surface area contributed by atoms with Crippen LogP contribution in [0.2, 0.25) is 0 Å². The minimum Gasteiger partial charge on any atom is -0.732 e. The number of anilines is 1. The van der Waals surface area contributed by atoms with Crippen LogP contribution in [0.5, 0.6) is 0 Å². The summed E-state index contributed by atoms with van der Waals surface area (Å²) >= 11 is 1.19. The van der Waals surface area contributed by atoms with Crippen molar-refractivity contribution in [3.8, 4) is 0 Å². The molecule has 3 heterocycles. The molecule has 3 aromatic heterocycles. The molecule has 9 heteroatoms. The first-order valence-electron chi connectivity index (χ1n) is 5.31. The first kappa shape index (κ1) is 12.0. The lowest BCUT2D eigenvalue weighted by molar-refractivity contribution is 0.291. The maximum Gasteiger partial charge on any atom is 0.178 e. The Labute approximate surface area is 111 Å². The van der Waals surface area contributed by atoms with Crippen LogP contribution in [0.25, 0.3) is 11.2 Å². The van der Waals surface area contributed by atoms with E-state index in [-0.39, 0.29) is 11.0 Å². The Hall–Kier alpha value is -2.10. The third-order valence-electron chi connectivity index (χ3n) is 2.48. The van der Waals surface area contributed by atoms with E-state index in [4.69, 9.17) is 5.21 Å². The number of aromatic amines is 1. The zero-order chi connectivity index (χ0) is 13.4. The zero-order valence-electron chi connectivity index (χ0n) is 9.81. The van der Waals surface area contributed by atoms with Crippen LogP contribution in [0.15, 0.2) is 34.8 Å². The summed E-state index contributed by atoms with van der Waals surface area (Å²) in [7, 11) is 1.73. The fourth-order valence-corrected chi connectivity index (χ4v) is 2.51. The molecule has 8 nitrogen and oxygen atoms in total. The summed E-state index contributed by atoms with van der Waals surface area (Å²) in [5.41, 5.74) is 1.40. The molecule has 0 amide bonds. The molecule has 0 fully saturated rings. The van der Waals surface area contributed by atoms with Crippen LogP contribution in [0.4, 0.5) is 5.82 Å². The van der Waals surface area contributed by atoms with Gasteiger partial charge in [0.15, 0.2) is 16.6 Å². The van der Waals surface area contributed by atoms with Crippen molar-refractivity contribution in [3.63, 3.8) is 0 Å². The highest BCUT2D eigenvalue weighted by Crippen LogP contribution is 2.32. The molecule has 0 aliphatic carbocycles. The van der Waals surface area contributed by atoms with Gasteiger partial charge in [0.1, 0.15) is 5.03 Å². The number of imidazole rings is 2. The Morgan fingerprint density at radius 3 is 3.05 bits per heavy atom. The van der Waals surface area contributed by atoms with Crippen molar-refractivity contribution in [1.82, 2.24) is 24.5 Å². The van der Waals surface area contributed by atoms with E-state index in [9.17, 15) is 5.21 Å². The SMILES string of the molecule is Cn1cnc(N([O-])O)c1Sc1nc2ncccc2[nH]1. The summed E-state index contributed by atoms with van der Waals surface area (Å²) in [4.78, 5) is 15.3. The Bertz CT molecular complexity index is 689. The predicted octanol–water partition coefficient (Wildman–Crippen LogP) is 1.54. The van der Waals surface area contributed by atoms with Crippen LogP contribution in [0.3, 0.4) is 0 Å². The summed E-state index contributed by atoms with van der Waals surface area (Å²) in [5.74, 6) is -0.0686. The second-order valence-corrected chi connectivity index (χ2v) is 4.75. The quantitative estimate of drug-likeness (QED) is 0.699. The van der Waals surface area contributed by atoms with Gasteiger partial charge in [-0.05, 0) is 23.9 Å².